The number of rotatable bonds is 6. The first-order valence-corrected chi connectivity index (χ1v) is 8.16. The molecule has 0 saturated carbocycles. The van der Waals surface area contributed by atoms with E-state index in [4.69, 9.17) is 4.74 Å². The van der Waals surface area contributed by atoms with Crippen molar-refractivity contribution in [2.24, 2.45) is 0 Å². The minimum Gasteiger partial charge on any atom is -0.483 e. The van der Waals surface area contributed by atoms with E-state index in [0.29, 0.717) is 25.1 Å². The summed E-state index contributed by atoms with van der Waals surface area (Å²) in [5.74, 6) is -0.594. The topological polar surface area (TPSA) is 58.6 Å². The summed E-state index contributed by atoms with van der Waals surface area (Å²) in [6, 6.07) is 6.43. The highest BCUT2D eigenvalue weighted by Gasteiger charge is 2.36. The fourth-order valence-corrected chi connectivity index (χ4v) is 2.80. The molecule has 2 rings (SSSR count). The van der Waals surface area contributed by atoms with Gasteiger partial charge < -0.3 is 15.0 Å². The Bertz CT molecular complexity index is 619. The van der Waals surface area contributed by atoms with Crippen molar-refractivity contribution in [2.75, 3.05) is 19.7 Å². The average molecular weight is 358 g/mol. The molecule has 2 amide bonds. The zero-order valence-corrected chi connectivity index (χ0v) is 13.9. The Morgan fingerprint density at radius 1 is 1.32 bits per heavy atom. The van der Waals surface area contributed by atoms with E-state index >= 15 is 0 Å². The van der Waals surface area contributed by atoms with Crippen molar-refractivity contribution in [2.45, 2.75) is 38.4 Å². The molecule has 5 nitrogen and oxygen atoms in total. The van der Waals surface area contributed by atoms with E-state index in [0.717, 1.165) is 12.0 Å². The summed E-state index contributed by atoms with van der Waals surface area (Å²) in [5.41, 5.74) is 0.955. The SMILES string of the molecule is CCc1ccccc1OCC(=O)N1CCCC1C(=O)NCC(F)(F)F. The van der Waals surface area contributed by atoms with Crippen LogP contribution in [0, 0.1) is 0 Å². The first-order chi connectivity index (χ1) is 11.8. The highest BCUT2D eigenvalue weighted by Crippen LogP contribution is 2.21. The molecule has 0 bridgehead atoms. The van der Waals surface area contributed by atoms with E-state index in [-0.39, 0.29) is 6.61 Å². The van der Waals surface area contributed by atoms with Crippen LogP contribution in [0.15, 0.2) is 24.3 Å². The number of amides is 2. The van der Waals surface area contributed by atoms with E-state index < -0.39 is 30.6 Å². The van der Waals surface area contributed by atoms with Crippen molar-refractivity contribution in [1.82, 2.24) is 10.2 Å². The van der Waals surface area contributed by atoms with Gasteiger partial charge in [0, 0.05) is 6.54 Å². The summed E-state index contributed by atoms with van der Waals surface area (Å²) in [5, 5.41) is 1.84. The van der Waals surface area contributed by atoms with Crippen LogP contribution in [0.1, 0.15) is 25.3 Å². The van der Waals surface area contributed by atoms with E-state index in [1.807, 2.05) is 24.4 Å². The van der Waals surface area contributed by atoms with Gasteiger partial charge in [0.15, 0.2) is 6.61 Å². The molecule has 1 atom stereocenters. The molecule has 25 heavy (non-hydrogen) atoms. The van der Waals surface area contributed by atoms with Crippen molar-refractivity contribution in [3.63, 3.8) is 0 Å². The lowest BCUT2D eigenvalue weighted by molar-refractivity contribution is -0.145. The van der Waals surface area contributed by atoms with Gasteiger partial charge in [0.05, 0.1) is 0 Å². The number of carbonyl (C=O) groups excluding carboxylic acids is 2. The van der Waals surface area contributed by atoms with E-state index in [1.54, 1.807) is 12.1 Å². The predicted molar refractivity (Wildman–Crippen MR) is 85.1 cm³/mol. The number of aryl methyl sites for hydroxylation is 1. The second-order valence-corrected chi connectivity index (χ2v) is 5.83. The first-order valence-electron chi connectivity index (χ1n) is 8.16. The molecule has 1 aromatic rings. The molecule has 1 aromatic carbocycles. The first kappa shape index (κ1) is 19.1. The molecule has 1 aliphatic rings. The molecule has 0 spiro atoms. The quantitative estimate of drug-likeness (QED) is 0.849. The number of benzene rings is 1. The number of alkyl halides is 3. The molecule has 138 valence electrons. The number of likely N-dealkylation sites (tertiary alicyclic amines) is 1. The zero-order valence-electron chi connectivity index (χ0n) is 13.9. The number of ether oxygens (including phenoxy) is 1. The van der Waals surface area contributed by atoms with Gasteiger partial charge in [-0.05, 0) is 30.9 Å². The molecule has 0 aliphatic carbocycles. The number of halogens is 3. The summed E-state index contributed by atoms with van der Waals surface area (Å²) < 4.78 is 42.2. The average Bonchev–Trinajstić information content (AvgIpc) is 3.07. The number of carbonyl (C=O) groups is 2. The molecule has 1 fully saturated rings. The Labute approximate surface area is 144 Å². The van der Waals surface area contributed by atoms with E-state index in [1.165, 1.54) is 4.90 Å². The van der Waals surface area contributed by atoms with Crippen LogP contribution < -0.4 is 10.1 Å². The summed E-state index contributed by atoms with van der Waals surface area (Å²) in [4.78, 5) is 25.6. The second kappa shape index (κ2) is 8.22. The van der Waals surface area contributed by atoms with Gasteiger partial charge in [-0.3, -0.25) is 9.59 Å². The Hall–Kier alpha value is -2.25. The third-order valence-corrected chi connectivity index (χ3v) is 4.04. The van der Waals surface area contributed by atoms with E-state index in [2.05, 4.69) is 0 Å². The minimum absolute atomic E-state index is 0.250. The van der Waals surface area contributed by atoms with Gasteiger partial charge in [0.2, 0.25) is 5.91 Å². The molecule has 1 saturated heterocycles. The van der Waals surface area contributed by atoms with Crippen molar-refractivity contribution >= 4 is 11.8 Å². The number of hydrogen-bond acceptors (Lipinski definition) is 3. The molecular weight excluding hydrogens is 337 g/mol. The lowest BCUT2D eigenvalue weighted by Crippen LogP contribution is -2.49. The number of para-hydroxylation sites is 1. The van der Waals surface area contributed by atoms with Crippen LogP contribution in [0.2, 0.25) is 0 Å². The molecule has 8 heteroatoms. The Balaban J connectivity index is 1.92. The second-order valence-electron chi connectivity index (χ2n) is 5.83. The summed E-state index contributed by atoms with van der Waals surface area (Å²) >= 11 is 0. The molecule has 1 N–H and O–H groups in total. The molecule has 1 heterocycles. The van der Waals surface area contributed by atoms with Crippen molar-refractivity contribution < 1.29 is 27.5 Å². The zero-order chi connectivity index (χ0) is 18.4. The van der Waals surface area contributed by atoms with Gasteiger partial charge >= 0.3 is 6.18 Å². The van der Waals surface area contributed by atoms with Crippen molar-refractivity contribution in [3.8, 4) is 5.75 Å². The summed E-state index contributed by atoms with van der Waals surface area (Å²) in [6.07, 6.45) is -2.81. The van der Waals surface area contributed by atoms with Gasteiger partial charge in [0.1, 0.15) is 18.3 Å². The van der Waals surface area contributed by atoms with Crippen LogP contribution >= 0.6 is 0 Å². The standard InChI is InChI=1S/C17H21F3N2O3/c1-2-12-6-3-4-8-14(12)25-10-15(23)22-9-5-7-13(22)16(24)21-11-17(18,19)20/h3-4,6,8,13H,2,5,7,9-11H2,1H3,(H,21,24). The third-order valence-electron chi connectivity index (χ3n) is 4.04. The van der Waals surface area contributed by atoms with Gasteiger partial charge in [-0.1, -0.05) is 25.1 Å². The van der Waals surface area contributed by atoms with E-state index in [9.17, 15) is 22.8 Å². The summed E-state index contributed by atoms with van der Waals surface area (Å²) in [7, 11) is 0. The van der Waals surface area contributed by atoms with Crippen LogP contribution in [-0.2, 0) is 16.0 Å². The van der Waals surface area contributed by atoms with Crippen LogP contribution in [0.4, 0.5) is 13.2 Å². The predicted octanol–water partition coefficient (Wildman–Crippen LogP) is 2.30. The third kappa shape index (κ3) is 5.37. The molecule has 0 radical (unpaired) electrons. The van der Waals surface area contributed by atoms with Crippen LogP contribution in [0.25, 0.3) is 0 Å². The highest BCUT2D eigenvalue weighted by atomic mass is 19.4. The molecule has 1 unspecified atom stereocenters. The Morgan fingerprint density at radius 2 is 2.04 bits per heavy atom. The van der Waals surface area contributed by atoms with Crippen LogP contribution in [0.5, 0.6) is 5.75 Å². The number of nitrogens with zero attached hydrogens (tertiary/aromatic N) is 1. The van der Waals surface area contributed by atoms with Gasteiger partial charge in [-0.2, -0.15) is 13.2 Å². The minimum atomic E-state index is -4.48. The van der Waals surface area contributed by atoms with Crippen molar-refractivity contribution in [1.29, 1.82) is 0 Å². The van der Waals surface area contributed by atoms with Gasteiger partial charge in [-0.25, -0.2) is 0 Å². The number of nitrogens with one attached hydrogen (secondary N) is 1. The largest absolute Gasteiger partial charge is 0.483 e. The van der Waals surface area contributed by atoms with Crippen LogP contribution in [0.3, 0.4) is 0 Å². The lowest BCUT2D eigenvalue weighted by atomic mass is 10.1. The summed E-state index contributed by atoms with van der Waals surface area (Å²) in [6.45, 7) is 0.651. The Kier molecular flexibility index (Phi) is 6.27. The van der Waals surface area contributed by atoms with Crippen LogP contribution in [-0.4, -0.2) is 48.6 Å². The normalized spacial score (nSPS) is 17.4. The van der Waals surface area contributed by atoms with Gasteiger partial charge in [-0.15, -0.1) is 0 Å². The smallest absolute Gasteiger partial charge is 0.405 e. The van der Waals surface area contributed by atoms with Gasteiger partial charge in [0.25, 0.3) is 5.91 Å². The van der Waals surface area contributed by atoms with Crippen molar-refractivity contribution in [3.05, 3.63) is 29.8 Å². The monoisotopic (exact) mass is 358 g/mol. The Morgan fingerprint density at radius 3 is 2.72 bits per heavy atom. The number of hydrogen-bond donors (Lipinski definition) is 1. The maximum absolute atomic E-state index is 12.3. The molecule has 1 aliphatic heterocycles. The fraction of sp³-hybridized carbons (Fsp3) is 0.529. The fourth-order valence-electron chi connectivity index (χ4n) is 2.80. The lowest BCUT2D eigenvalue weighted by Gasteiger charge is -2.24. The molecule has 0 aromatic heterocycles. The molecular formula is C17H21F3N2O3. The highest BCUT2D eigenvalue weighted by molar-refractivity contribution is 5.88. The maximum atomic E-state index is 12.3. The maximum Gasteiger partial charge on any atom is 0.405 e.